The molecule has 3 unspecified atom stereocenters. The van der Waals surface area contributed by atoms with Crippen molar-refractivity contribution in [3.05, 3.63) is 108 Å². The van der Waals surface area contributed by atoms with Gasteiger partial charge < -0.3 is 20.1 Å². The molecule has 8 heteroatoms. The van der Waals surface area contributed by atoms with Crippen LogP contribution in [0.5, 0.6) is 11.5 Å². The second kappa shape index (κ2) is 13.9. The molecule has 0 aromatic heterocycles. The number of aliphatic hydroxyl groups excluding tert-OH is 2. The Balaban J connectivity index is 1.58. The highest BCUT2D eigenvalue weighted by atomic mass is 32.2. The van der Waals surface area contributed by atoms with Crippen LogP contribution in [-0.2, 0) is 16.5 Å². The van der Waals surface area contributed by atoms with E-state index < -0.39 is 21.5 Å². The van der Waals surface area contributed by atoms with Gasteiger partial charge in [0.2, 0.25) is 0 Å². The van der Waals surface area contributed by atoms with E-state index in [-0.39, 0.29) is 31.3 Å². The van der Waals surface area contributed by atoms with Gasteiger partial charge >= 0.3 is 0 Å². The molecule has 0 aliphatic carbocycles. The highest BCUT2D eigenvalue weighted by Crippen LogP contribution is 2.27. The molecule has 0 spiro atoms. The molecule has 7 nitrogen and oxygen atoms in total. The number of rotatable bonds is 14. The first-order valence-corrected chi connectivity index (χ1v) is 13.8. The van der Waals surface area contributed by atoms with Crippen molar-refractivity contribution >= 4 is 10.1 Å². The molecule has 3 aromatic rings. The van der Waals surface area contributed by atoms with E-state index in [0.717, 1.165) is 11.1 Å². The molecule has 0 saturated heterocycles. The van der Waals surface area contributed by atoms with Gasteiger partial charge in [-0.1, -0.05) is 66.7 Å². The van der Waals surface area contributed by atoms with Crippen molar-refractivity contribution in [3.63, 3.8) is 0 Å². The van der Waals surface area contributed by atoms with Crippen LogP contribution < -0.4 is 4.74 Å². The molecular formula is C29H34O7S. The van der Waals surface area contributed by atoms with E-state index in [2.05, 4.69) is 0 Å². The van der Waals surface area contributed by atoms with Gasteiger partial charge in [0.05, 0.1) is 11.4 Å². The van der Waals surface area contributed by atoms with Crippen molar-refractivity contribution in [3.8, 4) is 11.5 Å². The lowest BCUT2D eigenvalue weighted by Crippen LogP contribution is -2.20. The third kappa shape index (κ3) is 9.33. The van der Waals surface area contributed by atoms with Crippen molar-refractivity contribution < 1.29 is 33.0 Å². The van der Waals surface area contributed by atoms with Crippen molar-refractivity contribution in [2.45, 2.75) is 49.6 Å². The molecule has 0 saturated carbocycles. The topological polar surface area (TPSA) is 124 Å². The maximum Gasteiger partial charge on any atom is 0.268 e. The van der Waals surface area contributed by atoms with Crippen molar-refractivity contribution in [2.75, 3.05) is 6.61 Å². The average Bonchev–Trinajstić information content (AvgIpc) is 2.89. The lowest BCUT2D eigenvalue weighted by atomic mass is 10.0. The van der Waals surface area contributed by atoms with E-state index in [9.17, 15) is 28.3 Å². The summed E-state index contributed by atoms with van der Waals surface area (Å²) in [6.07, 6.45) is 3.87. The first-order valence-electron chi connectivity index (χ1n) is 12.3. The molecule has 0 bridgehead atoms. The lowest BCUT2D eigenvalue weighted by molar-refractivity contribution is 0.175. The summed E-state index contributed by atoms with van der Waals surface area (Å²) in [7, 11) is -4.28. The van der Waals surface area contributed by atoms with Gasteiger partial charge in [-0.3, -0.25) is 4.55 Å². The van der Waals surface area contributed by atoms with Gasteiger partial charge in [-0.05, 0) is 73.1 Å². The number of benzene rings is 3. The third-order valence-corrected chi connectivity index (χ3v) is 7.40. The van der Waals surface area contributed by atoms with Crippen molar-refractivity contribution in [1.29, 1.82) is 0 Å². The summed E-state index contributed by atoms with van der Waals surface area (Å²) in [5.41, 5.74) is 2.49. The number of aromatic hydroxyl groups is 1. The standard InChI is InChI=1S/C29H34O7S/c30-21-5-10-29(24-6-2-1-3-7-24)36-26-18-11-22(12-19-26)13-20-27(37(33,34)35)8-4-9-28(32)23-14-16-25(31)17-15-23/h1-4,6-7,9,11-12,14-19,27-32H,5,8,10,13,20-21H2,(H,33,34,35). The zero-order chi connectivity index (χ0) is 26.7. The summed E-state index contributed by atoms with van der Waals surface area (Å²) < 4.78 is 39.7. The molecule has 198 valence electrons. The Morgan fingerprint density at radius 2 is 1.54 bits per heavy atom. The molecule has 0 fully saturated rings. The predicted octanol–water partition coefficient (Wildman–Crippen LogP) is 5.15. The van der Waals surface area contributed by atoms with E-state index in [4.69, 9.17) is 4.74 Å². The molecule has 3 atom stereocenters. The van der Waals surface area contributed by atoms with Gasteiger partial charge in [-0.25, -0.2) is 0 Å². The van der Waals surface area contributed by atoms with Gasteiger partial charge in [-0.15, -0.1) is 0 Å². The molecule has 0 heterocycles. The number of aryl methyl sites for hydroxylation is 1. The van der Waals surface area contributed by atoms with Crippen LogP contribution in [0.1, 0.15) is 54.6 Å². The zero-order valence-corrected chi connectivity index (χ0v) is 21.4. The minimum Gasteiger partial charge on any atom is -0.508 e. The second-order valence-corrected chi connectivity index (χ2v) is 10.6. The molecule has 0 amide bonds. The molecule has 0 aliphatic rings. The number of allylic oxidation sites excluding steroid dienone is 1. The molecule has 0 aliphatic heterocycles. The quantitative estimate of drug-likeness (QED) is 0.169. The zero-order valence-electron chi connectivity index (χ0n) is 20.6. The fourth-order valence-corrected chi connectivity index (χ4v) is 4.76. The fourth-order valence-electron chi connectivity index (χ4n) is 3.99. The number of hydrogen-bond donors (Lipinski definition) is 4. The highest BCUT2D eigenvalue weighted by Gasteiger charge is 2.22. The van der Waals surface area contributed by atoms with Crippen molar-refractivity contribution in [1.82, 2.24) is 0 Å². The Kier molecular flexibility index (Phi) is 10.7. The van der Waals surface area contributed by atoms with Gasteiger partial charge in [-0.2, -0.15) is 8.42 Å². The Bertz CT molecular complexity index is 1210. The Morgan fingerprint density at radius 3 is 2.16 bits per heavy atom. The van der Waals surface area contributed by atoms with Crippen LogP contribution in [0.15, 0.2) is 91.0 Å². The van der Waals surface area contributed by atoms with E-state index in [1.807, 2.05) is 54.6 Å². The van der Waals surface area contributed by atoms with Crippen LogP contribution >= 0.6 is 0 Å². The lowest BCUT2D eigenvalue weighted by Gasteiger charge is -2.20. The smallest absolute Gasteiger partial charge is 0.268 e. The minimum atomic E-state index is -4.28. The SMILES string of the molecule is O=S(=O)(O)C(CC=CC(O)c1ccc(O)cc1)CCc1ccc(OC(CCCO)c2ccccc2)cc1. The molecule has 0 radical (unpaired) electrons. The minimum absolute atomic E-state index is 0.0543. The summed E-state index contributed by atoms with van der Waals surface area (Å²) in [4.78, 5) is 0. The third-order valence-electron chi connectivity index (χ3n) is 6.13. The summed E-state index contributed by atoms with van der Waals surface area (Å²) in [5, 5.41) is 27.8. The van der Waals surface area contributed by atoms with E-state index >= 15 is 0 Å². The predicted molar refractivity (Wildman–Crippen MR) is 143 cm³/mol. The number of ether oxygens (including phenoxy) is 1. The monoisotopic (exact) mass is 526 g/mol. The van der Waals surface area contributed by atoms with Crippen LogP contribution in [0.4, 0.5) is 0 Å². The van der Waals surface area contributed by atoms with Crippen LogP contribution in [0.25, 0.3) is 0 Å². The normalized spacial score (nSPS) is 14.4. The number of phenols is 1. The van der Waals surface area contributed by atoms with Gasteiger partial charge in [0.15, 0.2) is 0 Å². The average molecular weight is 527 g/mol. The van der Waals surface area contributed by atoms with E-state index in [1.165, 1.54) is 18.2 Å². The second-order valence-electron chi connectivity index (χ2n) is 8.90. The van der Waals surface area contributed by atoms with E-state index in [0.29, 0.717) is 30.6 Å². The fraction of sp³-hybridized carbons (Fsp3) is 0.310. The first-order chi connectivity index (χ1) is 17.8. The Labute approximate surface area is 218 Å². The van der Waals surface area contributed by atoms with Crippen LogP contribution in [0.2, 0.25) is 0 Å². The molecule has 3 aromatic carbocycles. The van der Waals surface area contributed by atoms with Crippen LogP contribution in [-0.4, -0.2) is 40.1 Å². The van der Waals surface area contributed by atoms with Gasteiger partial charge in [0.25, 0.3) is 10.1 Å². The number of phenolic OH excluding ortho intramolecular Hbond substituents is 1. The van der Waals surface area contributed by atoms with Crippen LogP contribution in [0, 0.1) is 0 Å². The summed E-state index contributed by atoms with van der Waals surface area (Å²) >= 11 is 0. The van der Waals surface area contributed by atoms with Gasteiger partial charge in [0, 0.05) is 6.61 Å². The molecule has 4 N–H and O–H groups in total. The highest BCUT2D eigenvalue weighted by molar-refractivity contribution is 7.86. The molecular weight excluding hydrogens is 492 g/mol. The number of hydrogen-bond acceptors (Lipinski definition) is 6. The molecule has 3 rings (SSSR count). The maximum absolute atomic E-state index is 11.9. The summed E-state index contributed by atoms with van der Waals surface area (Å²) in [6, 6.07) is 23.3. The first kappa shape index (κ1) is 28.4. The van der Waals surface area contributed by atoms with Gasteiger partial charge in [0.1, 0.15) is 17.6 Å². The summed E-state index contributed by atoms with van der Waals surface area (Å²) in [5.74, 6) is 0.761. The van der Waals surface area contributed by atoms with Crippen molar-refractivity contribution in [2.24, 2.45) is 0 Å². The largest absolute Gasteiger partial charge is 0.508 e. The molecule has 37 heavy (non-hydrogen) atoms. The maximum atomic E-state index is 11.9. The Hall–Kier alpha value is -3.17. The Morgan fingerprint density at radius 1 is 0.865 bits per heavy atom. The summed E-state index contributed by atoms with van der Waals surface area (Å²) in [6.45, 7) is 0.0888. The van der Waals surface area contributed by atoms with E-state index in [1.54, 1.807) is 18.2 Å². The van der Waals surface area contributed by atoms with Crippen LogP contribution in [0.3, 0.4) is 0 Å². The number of aliphatic hydroxyl groups is 2.